The van der Waals surface area contributed by atoms with Gasteiger partial charge in [0.05, 0.1) is 0 Å². The average molecular weight is 351 g/mol. The number of unbranched alkanes of at least 4 members (excludes halogenated alkanes) is 11. The molecule has 0 rings (SSSR count). The molecule has 1 atom stereocenters. The van der Waals surface area contributed by atoms with Crippen LogP contribution in [0, 0.1) is 11.8 Å². The van der Waals surface area contributed by atoms with Gasteiger partial charge in [0.2, 0.25) is 0 Å². The third-order valence-corrected chi connectivity index (χ3v) is 4.26. The molecule has 0 fully saturated rings. The van der Waals surface area contributed by atoms with E-state index in [0.717, 1.165) is 6.42 Å². The number of rotatable bonds is 14. The number of carbonyl (C=O) groups is 1. The molecule has 0 aliphatic heterocycles. The van der Waals surface area contributed by atoms with Gasteiger partial charge in [0.15, 0.2) is 0 Å². The molecule has 0 aliphatic rings. The molecule has 4 nitrogen and oxygen atoms in total. The zero-order chi connectivity index (χ0) is 18.8. The maximum absolute atomic E-state index is 10.7. The maximum atomic E-state index is 10.7. The maximum Gasteiger partial charge on any atom is 0.339 e. The van der Waals surface area contributed by atoms with Crippen LogP contribution in [0.2, 0.25) is 0 Å². The Morgan fingerprint density at radius 2 is 1.52 bits per heavy atom. The number of carbonyl (C=O) groups excluding carboxylic acids is 1. The van der Waals surface area contributed by atoms with Crippen molar-refractivity contribution in [2.24, 2.45) is 5.73 Å². The first-order valence-corrected chi connectivity index (χ1v) is 10.0. The van der Waals surface area contributed by atoms with Crippen LogP contribution < -0.4 is 5.73 Å². The number of hydrogen-bond acceptors (Lipinski definition) is 2. The number of nitrogens with two attached hydrogens (primary N) is 1. The minimum Gasteiger partial charge on any atom is -0.350 e. The van der Waals surface area contributed by atoms with Crippen molar-refractivity contribution < 1.29 is 10.0 Å². The molecule has 3 N–H and O–H groups in total. The zero-order valence-corrected chi connectivity index (χ0v) is 16.3. The van der Waals surface area contributed by atoms with Crippen molar-refractivity contribution in [2.45, 2.75) is 103 Å². The van der Waals surface area contributed by atoms with Crippen LogP contribution in [0.4, 0.5) is 4.79 Å². The van der Waals surface area contributed by atoms with Crippen LogP contribution in [0.15, 0.2) is 12.2 Å². The first-order chi connectivity index (χ1) is 12.1. The Labute approximate surface area is 154 Å². The highest BCUT2D eigenvalue weighted by atomic mass is 16.5. The molecule has 2 amide bonds. The lowest BCUT2D eigenvalue weighted by Gasteiger charge is -2.14. The van der Waals surface area contributed by atoms with E-state index < -0.39 is 12.1 Å². The van der Waals surface area contributed by atoms with Crippen molar-refractivity contribution in [1.29, 1.82) is 0 Å². The SMILES string of the molecule is CCCCCCCCCCCCCC=CCC#CC(C)N(O)C(N)=O. The van der Waals surface area contributed by atoms with Gasteiger partial charge in [-0.3, -0.25) is 5.21 Å². The second-order valence-electron chi connectivity index (χ2n) is 6.68. The Morgan fingerprint density at radius 3 is 2.04 bits per heavy atom. The van der Waals surface area contributed by atoms with E-state index in [0.29, 0.717) is 11.5 Å². The van der Waals surface area contributed by atoms with Crippen molar-refractivity contribution in [1.82, 2.24) is 5.06 Å². The number of nitrogens with zero attached hydrogens (tertiary/aromatic N) is 1. The van der Waals surface area contributed by atoms with Gasteiger partial charge in [-0.05, 0) is 19.8 Å². The van der Waals surface area contributed by atoms with Gasteiger partial charge < -0.3 is 5.73 Å². The van der Waals surface area contributed by atoms with Gasteiger partial charge in [-0.15, -0.1) is 0 Å². The van der Waals surface area contributed by atoms with Crippen LogP contribution in [-0.2, 0) is 0 Å². The molecule has 0 saturated heterocycles. The fraction of sp³-hybridized carbons (Fsp3) is 0.762. The summed E-state index contributed by atoms with van der Waals surface area (Å²) in [5, 5.41) is 9.71. The van der Waals surface area contributed by atoms with Crippen molar-refractivity contribution in [2.75, 3.05) is 0 Å². The van der Waals surface area contributed by atoms with Crippen LogP contribution in [-0.4, -0.2) is 22.3 Å². The van der Waals surface area contributed by atoms with E-state index in [1.54, 1.807) is 6.92 Å². The lowest BCUT2D eigenvalue weighted by Crippen LogP contribution is -2.38. The van der Waals surface area contributed by atoms with E-state index in [1.165, 1.54) is 70.6 Å². The fourth-order valence-corrected chi connectivity index (χ4v) is 2.65. The van der Waals surface area contributed by atoms with E-state index in [4.69, 9.17) is 5.73 Å². The Morgan fingerprint density at radius 1 is 1.00 bits per heavy atom. The second-order valence-corrected chi connectivity index (χ2v) is 6.68. The Hall–Kier alpha value is -1.47. The summed E-state index contributed by atoms with van der Waals surface area (Å²) >= 11 is 0. The number of hydrogen-bond donors (Lipinski definition) is 2. The molecule has 0 saturated carbocycles. The molecule has 0 aromatic rings. The monoisotopic (exact) mass is 350 g/mol. The quantitative estimate of drug-likeness (QED) is 0.137. The molecule has 4 heteroatoms. The standard InChI is InChI=1S/C21H38N2O2/c1-3-4-5-6-7-8-9-10-11-12-13-14-15-16-17-18-19-20(2)23(25)21(22)24/h15-16,20,25H,3-14,17H2,1-2H3,(H2,22,24). The lowest BCUT2D eigenvalue weighted by atomic mass is 10.1. The van der Waals surface area contributed by atoms with Crippen molar-refractivity contribution >= 4 is 6.03 Å². The highest BCUT2D eigenvalue weighted by Gasteiger charge is 2.11. The molecule has 0 aromatic carbocycles. The second kappa shape index (κ2) is 17.4. The van der Waals surface area contributed by atoms with Gasteiger partial charge in [-0.25, -0.2) is 4.79 Å². The first kappa shape index (κ1) is 23.5. The molecule has 0 bridgehead atoms. The summed E-state index contributed by atoms with van der Waals surface area (Å²) in [6, 6.07) is -1.45. The molecule has 0 spiro atoms. The van der Waals surface area contributed by atoms with Crippen molar-refractivity contribution in [3.63, 3.8) is 0 Å². The molecule has 0 aliphatic carbocycles. The molecule has 0 heterocycles. The smallest absolute Gasteiger partial charge is 0.339 e. The third-order valence-electron chi connectivity index (χ3n) is 4.26. The highest BCUT2D eigenvalue weighted by molar-refractivity contribution is 5.71. The molecule has 0 aromatic heterocycles. The van der Waals surface area contributed by atoms with Crippen LogP contribution >= 0.6 is 0 Å². The number of allylic oxidation sites excluding steroid dienone is 2. The van der Waals surface area contributed by atoms with E-state index in [9.17, 15) is 10.0 Å². The summed E-state index contributed by atoms with van der Waals surface area (Å²) in [4.78, 5) is 10.7. The minimum absolute atomic E-state index is 0.446. The largest absolute Gasteiger partial charge is 0.350 e. The summed E-state index contributed by atoms with van der Waals surface area (Å²) in [6.07, 6.45) is 21.0. The van der Waals surface area contributed by atoms with Gasteiger partial charge >= 0.3 is 6.03 Å². The van der Waals surface area contributed by atoms with E-state index in [1.807, 2.05) is 6.08 Å². The average Bonchev–Trinajstić information content (AvgIpc) is 2.60. The van der Waals surface area contributed by atoms with Crippen molar-refractivity contribution in [3.8, 4) is 11.8 Å². The van der Waals surface area contributed by atoms with Gasteiger partial charge in [0.25, 0.3) is 0 Å². The Balaban J connectivity index is 3.41. The van der Waals surface area contributed by atoms with Crippen LogP contribution in [0.25, 0.3) is 0 Å². The van der Waals surface area contributed by atoms with Crippen molar-refractivity contribution in [3.05, 3.63) is 12.2 Å². The number of primary amides is 1. The predicted octanol–water partition coefficient (Wildman–Crippen LogP) is 5.80. The fourth-order valence-electron chi connectivity index (χ4n) is 2.65. The van der Waals surface area contributed by atoms with E-state index >= 15 is 0 Å². The summed E-state index contributed by atoms with van der Waals surface area (Å²) in [5.74, 6) is 5.70. The van der Waals surface area contributed by atoms with Crippen LogP contribution in [0.3, 0.4) is 0 Å². The molecule has 25 heavy (non-hydrogen) atoms. The summed E-state index contributed by atoms with van der Waals surface area (Å²) < 4.78 is 0. The number of hydroxylamine groups is 2. The lowest BCUT2D eigenvalue weighted by molar-refractivity contribution is -0.0536. The Bertz CT molecular complexity index is 410. The summed E-state index contributed by atoms with van der Waals surface area (Å²) in [7, 11) is 0. The van der Waals surface area contributed by atoms with Gasteiger partial charge in [-0.2, -0.15) is 5.06 Å². The Kier molecular flexibility index (Phi) is 16.3. The van der Waals surface area contributed by atoms with Gasteiger partial charge in [0.1, 0.15) is 6.04 Å². The number of urea groups is 1. The topological polar surface area (TPSA) is 66.6 Å². The minimum atomic E-state index is -0.881. The van der Waals surface area contributed by atoms with E-state index in [-0.39, 0.29) is 0 Å². The van der Waals surface area contributed by atoms with Crippen LogP contribution in [0.1, 0.15) is 97.3 Å². The predicted molar refractivity (Wildman–Crippen MR) is 105 cm³/mol. The summed E-state index contributed by atoms with van der Waals surface area (Å²) in [6.45, 7) is 3.89. The van der Waals surface area contributed by atoms with E-state index in [2.05, 4.69) is 24.8 Å². The highest BCUT2D eigenvalue weighted by Crippen LogP contribution is 2.12. The third kappa shape index (κ3) is 15.8. The van der Waals surface area contributed by atoms with Crippen LogP contribution in [0.5, 0.6) is 0 Å². The first-order valence-electron chi connectivity index (χ1n) is 10.0. The van der Waals surface area contributed by atoms with Gasteiger partial charge in [0, 0.05) is 6.42 Å². The molecular formula is C21H38N2O2. The molecule has 1 unspecified atom stereocenters. The zero-order valence-electron chi connectivity index (χ0n) is 16.3. The molecule has 144 valence electrons. The summed E-state index contributed by atoms with van der Waals surface area (Å²) in [5.41, 5.74) is 4.95. The molecular weight excluding hydrogens is 312 g/mol. The van der Waals surface area contributed by atoms with Gasteiger partial charge in [-0.1, -0.05) is 95.1 Å². The number of amides is 2. The molecule has 0 radical (unpaired) electrons. The normalized spacial score (nSPS) is 12.0.